The van der Waals surface area contributed by atoms with Crippen molar-refractivity contribution in [3.8, 4) is 0 Å². The molecule has 68 valence electrons. The fraction of sp³-hybridized carbons (Fsp3) is 1.00. The van der Waals surface area contributed by atoms with E-state index in [1.807, 2.05) is 13.8 Å². The van der Waals surface area contributed by atoms with Crippen LogP contribution in [0.1, 0.15) is 60.3 Å². The van der Waals surface area contributed by atoms with Gasteiger partial charge in [0.05, 0.1) is 0 Å². The molecule has 0 aromatic rings. The minimum Gasteiger partial charge on any atom is -0.0683 e. The van der Waals surface area contributed by atoms with Crippen molar-refractivity contribution in [2.75, 3.05) is 0 Å². The van der Waals surface area contributed by atoms with Crippen LogP contribution in [0.3, 0.4) is 0 Å². The van der Waals surface area contributed by atoms with Crippen LogP contribution < -0.4 is 0 Å². The van der Waals surface area contributed by atoms with Crippen molar-refractivity contribution in [2.24, 2.45) is 11.3 Å². The van der Waals surface area contributed by atoms with Gasteiger partial charge in [0, 0.05) is 0 Å². The molecule has 0 aliphatic heterocycles. The molecule has 0 nitrogen and oxygen atoms in total. The highest BCUT2D eigenvalue weighted by atomic mass is 14.4. The standard InChI is InChI=1S/C9H18.C2H6/c1-4-5-9(3)6-8(2)7-9;1-2/h8H,4-7H2,1-3H3;1-2H3. The summed E-state index contributed by atoms with van der Waals surface area (Å²) in [6.45, 7) is 11.1. The van der Waals surface area contributed by atoms with Crippen molar-refractivity contribution in [2.45, 2.75) is 60.3 Å². The quantitative estimate of drug-likeness (QED) is 0.560. The first kappa shape index (κ1) is 11.0. The van der Waals surface area contributed by atoms with E-state index < -0.39 is 0 Å². The Morgan fingerprint density at radius 1 is 1.27 bits per heavy atom. The predicted octanol–water partition coefficient (Wildman–Crippen LogP) is 4.25. The lowest BCUT2D eigenvalue weighted by Crippen LogP contribution is -2.32. The molecule has 0 radical (unpaired) electrons. The first-order valence-corrected chi connectivity index (χ1v) is 5.16. The molecule has 1 saturated carbocycles. The third kappa shape index (κ3) is 3.27. The SMILES string of the molecule is CC.CCCC1(C)CC(C)C1. The molecule has 0 amide bonds. The largest absolute Gasteiger partial charge is 0.0683 e. The van der Waals surface area contributed by atoms with Crippen LogP contribution in [-0.2, 0) is 0 Å². The summed E-state index contributed by atoms with van der Waals surface area (Å²) in [7, 11) is 0. The maximum absolute atomic E-state index is 2.43. The minimum atomic E-state index is 0.744. The normalized spacial score (nSPS) is 35.2. The van der Waals surface area contributed by atoms with E-state index >= 15 is 0 Å². The van der Waals surface area contributed by atoms with Crippen molar-refractivity contribution in [1.29, 1.82) is 0 Å². The summed E-state index contributed by atoms with van der Waals surface area (Å²) in [4.78, 5) is 0. The van der Waals surface area contributed by atoms with E-state index in [4.69, 9.17) is 0 Å². The Labute approximate surface area is 72.4 Å². The highest BCUT2D eigenvalue weighted by Crippen LogP contribution is 2.47. The second kappa shape index (κ2) is 4.79. The fourth-order valence-corrected chi connectivity index (χ4v) is 2.43. The summed E-state index contributed by atoms with van der Waals surface area (Å²) >= 11 is 0. The van der Waals surface area contributed by atoms with Crippen LogP contribution in [0.15, 0.2) is 0 Å². The lowest BCUT2D eigenvalue weighted by molar-refractivity contribution is 0.0767. The molecule has 0 saturated heterocycles. The van der Waals surface area contributed by atoms with E-state index in [0.29, 0.717) is 0 Å². The van der Waals surface area contributed by atoms with Crippen LogP contribution in [0, 0.1) is 11.3 Å². The highest BCUT2D eigenvalue weighted by molar-refractivity contribution is 4.87. The Morgan fingerprint density at radius 3 is 2.00 bits per heavy atom. The van der Waals surface area contributed by atoms with E-state index in [-0.39, 0.29) is 0 Å². The Kier molecular flexibility index (Phi) is 4.79. The fourth-order valence-electron chi connectivity index (χ4n) is 2.43. The number of hydrogen-bond acceptors (Lipinski definition) is 0. The van der Waals surface area contributed by atoms with Crippen LogP contribution in [0.25, 0.3) is 0 Å². The molecular formula is C11H24. The van der Waals surface area contributed by atoms with Gasteiger partial charge in [0.2, 0.25) is 0 Å². The lowest BCUT2D eigenvalue weighted by atomic mass is 9.62. The molecule has 0 heteroatoms. The summed E-state index contributed by atoms with van der Waals surface area (Å²) in [5.74, 6) is 1.02. The zero-order valence-corrected chi connectivity index (χ0v) is 8.91. The second-order valence-corrected chi connectivity index (χ2v) is 4.07. The summed E-state index contributed by atoms with van der Waals surface area (Å²) in [6.07, 6.45) is 5.75. The first-order valence-electron chi connectivity index (χ1n) is 5.16. The van der Waals surface area contributed by atoms with Gasteiger partial charge >= 0.3 is 0 Å². The summed E-state index contributed by atoms with van der Waals surface area (Å²) in [5.41, 5.74) is 0.744. The summed E-state index contributed by atoms with van der Waals surface area (Å²) in [6, 6.07) is 0. The molecule has 0 aromatic carbocycles. The van der Waals surface area contributed by atoms with Crippen LogP contribution in [0.4, 0.5) is 0 Å². The molecule has 11 heavy (non-hydrogen) atoms. The van der Waals surface area contributed by atoms with Gasteiger partial charge in [0.25, 0.3) is 0 Å². The van der Waals surface area contributed by atoms with Crippen LogP contribution in [0.5, 0.6) is 0 Å². The lowest BCUT2D eigenvalue weighted by Gasteiger charge is -2.44. The highest BCUT2D eigenvalue weighted by Gasteiger charge is 2.36. The van der Waals surface area contributed by atoms with Gasteiger partial charge in [-0.15, -0.1) is 0 Å². The summed E-state index contributed by atoms with van der Waals surface area (Å²) in [5, 5.41) is 0. The van der Waals surface area contributed by atoms with Gasteiger partial charge in [-0.25, -0.2) is 0 Å². The molecule has 0 spiro atoms. The number of hydrogen-bond donors (Lipinski definition) is 0. The van der Waals surface area contributed by atoms with Crippen LogP contribution in [-0.4, -0.2) is 0 Å². The molecule has 0 unspecified atom stereocenters. The van der Waals surface area contributed by atoms with Crippen LogP contribution >= 0.6 is 0 Å². The van der Waals surface area contributed by atoms with Crippen molar-refractivity contribution in [1.82, 2.24) is 0 Å². The van der Waals surface area contributed by atoms with Crippen LogP contribution in [0.2, 0.25) is 0 Å². The zero-order valence-electron chi connectivity index (χ0n) is 8.91. The second-order valence-electron chi connectivity index (χ2n) is 4.07. The van der Waals surface area contributed by atoms with Crippen molar-refractivity contribution >= 4 is 0 Å². The Hall–Kier alpha value is 0. The van der Waals surface area contributed by atoms with E-state index in [1.54, 1.807) is 0 Å². The van der Waals surface area contributed by atoms with Gasteiger partial charge in [-0.3, -0.25) is 0 Å². The topological polar surface area (TPSA) is 0 Å². The molecule has 1 rings (SSSR count). The van der Waals surface area contributed by atoms with Gasteiger partial charge < -0.3 is 0 Å². The maximum atomic E-state index is 2.43. The average Bonchev–Trinajstić information content (AvgIpc) is 1.90. The van der Waals surface area contributed by atoms with Gasteiger partial charge in [-0.1, -0.05) is 41.0 Å². The Morgan fingerprint density at radius 2 is 1.73 bits per heavy atom. The summed E-state index contributed by atoms with van der Waals surface area (Å²) < 4.78 is 0. The third-order valence-corrected chi connectivity index (χ3v) is 2.54. The molecule has 0 aromatic heterocycles. The van der Waals surface area contributed by atoms with Gasteiger partial charge in [-0.2, -0.15) is 0 Å². The van der Waals surface area contributed by atoms with Crippen molar-refractivity contribution in [3.05, 3.63) is 0 Å². The molecule has 0 atom stereocenters. The van der Waals surface area contributed by atoms with Crippen molar-refractivity contribution < 1.29 is 0 Å². The minimum absolute atomic E-state index is 0.744. The number of rotatable bonds is 2. The molecule has 0 N–H and O–H groups in total. The molecule has 1 aliphatic rings. The van der Waals surface area contributed by atoms with E-state index in [9.17, 15) is 0 Å². The Bertz CT molecular complexity index is 82.7. The molecule has 1 aliphatic carbocycles. The van der Waals surface area contributed by atoms with Gasteiger partial charge in [0.1, 0.15) is 0 Å². The molecular weight excluding hydrogens is 132 g/mol. The zero-order chi connectivity index (χ0) is 8.91. The Balaban J connectivity index is 0.000000461. The molecule has 0 heterocycles. The first-order chi connectivity index (χ1) is 5.16. The van der Waals surface area contributed by atoms with Crippen molar-refractivity contribution in [3.63, 3.8) is 0 Å². The predicted molar refractivity (Wildman–Crippen MR) is 52.8 cm³/mol. The third-order valence-electron chi connectivity index (χ3n) is 2.54. The van der Waals surface area contributed by atoms with Gasteiger partial charge in [-0.05, 0) is 30.6 Å². The maximum Gasteiger partial charge on any atom is -0.0321 e. The monoisotopic (exact) mass is 156 g/mol. The molecule has 1 fully saturated rings. The van der Waals surface area contributed by atoms with E-state index in [2.05, 4.69) is 20.8 Å². The molecule has 0 bridgehead atoms. The smallest absolute Gasteiger partial charge is 0.0321 e. The van der Waals surface area contributed by atoms with E-state index in [1.165, 1.54) is 25.7 Å². The van der Waals surface area contributed by atoms with E-state index in [0.717, 1.165) is 11.3 Å². The average molecular weight is 156 g/mol. The van der Waals surface area contributed by atoms with Gasteiger partial charge in [0.15, 0.2) is 0 Å².